The summed E-state index contributed by atoms with van der Waals surface area (Å²) in [6.07, 6.45) is 0.675. The minimum atomic E-state index is -2.70. The fourth-order valence-corrected chi connectivity index (χ4v) is 5.64. The van der Waals surface area contributed by atoms with Gasteiger partial charge in [0.25, 0.3) is 0 Å². The molecule has 0 unspecified atom stereocenters. The van der Waals surface area contributed by atoms with Crippen LogP contribution >= 0.6 is 0 Å². The Morgan fingerprint density at radius 1 is 0.844 bits per heavy atom. The maximum Gasteiger partial charge on any atom is 0.500 e. The van der Waals surface area contributed by atoms with Crippen molar-refractivity contribution in [2.45, 2.75) is 33.2 Å². The van der Waals surface area contributed by atoms with E-state index in [0.717, 1.165) is 0 Å². The fourth-order valence-electron chi connectivity index (χ4n) is 3.03. The molecule has 0 aliphatic rings. The van der Waals surface area contributed by atoms with Crippen LogP contribution in [0.3, 0.4) is 0 Å². The van der Waals surface area contributed by atoms with Gasteiger partial charge in [0.05, 0.1) is 5.56 Å². The lowest BCUT2D eigenvalue weighted by molar-refractivity contribution is 0.0706. The minimum Gasteiger partial charge on any atom is -0.423 e. The van der Waals surface area contributed by atoms with Crippen molar-refractivity contribution < 1.29 is 27.6 Å². The number of hydrogen-bond acceptors (Lipinski definition) is 6. The van der Waals surface area contributed by atoms with E-state index in [-0.39, 0.29) is 6.03 Å². The molecule has 2 aromatic rings. The van der Waals surface area contributed by atoms with Gasteiger partial charge < -0.3 is 28.6 Å². The number of ether oxygens (including phenoxy) is 1. The number of nitrogens with one attached hydrogen (secondary N) is 2. The largest absolute Gasteiger partial charge is 0.500 e. The number of hydrogen-bond donors (Lipinski definition) is 2. The molecule has 2 rings (SSSR count). The first-order valence-corrected chi connectivity index (χ1v) is 12.8. The molecule has 32 heavy (non-hydrogen) atoms. The number of esters is 1. The van der Waals surface area contributed by atoms with Gasteiger partial charge in [0.1, 0.15) is 5.75 Å². The van der Waals surface area contributed by atoms with Gasteiger partial charge in [-0.25, -0.2) is 9.59 Å². The average molecular weight is 461 g/mol. The summed E-state index contributed by atoms with van der Waals surface area (Å²) in [7, 11) is -2.70. The summed E-state index contributed by atoms with van der Waals surface area (Å²) < 4.78 is 22.8. The third kappa shape index (κ3) is 8.43. The molecule has 0 aromatic heterocycles. The Morgan fingerprint density at radius 2 is 1.44 bits per heavy atom. The molecule has 0 saturated heterocycles. The lowest BCUT2D eigenvalue weighted by atomic mass is 10.2. The average Bonchev–Trinajstić information content (AvgIpc) is 2.79. The van der Waals surface area contributed by atoms with Crippen LogP contribution in [0.2, 0.25) is 6.04 Å². The highest BCUT2D eigenvalue weighted by Crippen LogP contribution is 2.19. The lowest BCUT2D eigenvalue weighted by Crippen LogP contribution is -2.46. The number of anilines is 1. The van der Waals surface area contributed by atoms with Crippen molar-refractivity contribution in [2.24, 2.45) is 0 Å². The second-order valence-corrected chi connectivity index (χ2v) is 9.48. The Morgan fingerprint density at radius 3 is 2.00 bits per heavy atom. The number of benzene rings is 2. The normalized spacial score (nSPS) is 11.1. The smallest absolute Gasteiger partial charge is 0.423 e. The maximum absolute atomic E-state index is 12.2. The Balaban J connectivity index is 1.77. The Hall–Kier alpha value is -2.72. The number of amides is 2. The monoisotopic (exact) mass is 460 g/mol. The van der Waals surface area contributed by atoms with Crippen LogP contribution in [-0.2, 0) is 13.3 Å². The Kier molecular flexibility index (Phi) is 10.9. The van der Waals surface area contributed by atoms with Crippen LogP contribution in [0.4, 0.5) is 10.5 Å². The Labute approximate surface area is 190 Å². The molecule has 2 amide bonds. The van der Waals surface area contributed by atoms with E-state index in [1.165, 1.54) is 0 Å². The molecule has 8 nitrogen and oxygen atoms in total. The van der Waals surface area contributed by atoms with E-state index in [1.807, 2.05) is 26.8 Å². The maximum atomic E-state index is 12.2. The van der Waals surface area contributed by atoms with Crippen LogP contribution in [0.25, 0.3) is 0 Å². The SMILES string of the molecule is CCO[Si](CCCNC(=O)Nc1ccc(OC(=O)c2ccccc2)cc1)(OCC)OCC. The van der Waals surface area contributed by atoms with Crippen LogP contribution in [-0.4, -0.2) is 47.2 Å². The van der Waals surface area contributed by atoms with E-state index < -0.39 is 14.8 Å². The third-order valence-electron chi connectivity index (χ3n) is 4.37. The van der Waals surface area contributed by atoms with E-state index in [2.05, 4.69) is 10.6 Å². The predicted molar refractivity (Wildman–Crippen MR) is 125 cm³/mol. The second kappa shape index (κ2) is 13.6. The predicted octanol–water partition coefficient (Wildman–Crippen LogP) is 4.47. The van der Waals surface area contributed by atoms with Crippen molar-refractivity contribution in [3.63, 3.8) is 0 Å². The third-order valence-corrected chi connectivity index (χ3v) is 7.52. The van der Waals surface area contributed by atoms with E-state index in [4.69, 9.17) is 18.0 Å². The van der Waals surface area contributed by atoms with Crippen LogP contribution in [0, 0.1) is 0 Å². The molecule has 0 spiro atoms. The molecule has 0 radical (unpaired) electrons. The molecule has 0 heterocycles. The van der Waals surface area contributed by atoms with E-state index in [0.29, 0.717) is 55.8 Å². The molecule has 2 aromatic carbocycles. The first kappa shape index (κ1) is 25.5. The summed E-state index contributed by atoms with van der Waals surface area (Å²) in [5.74, 6) is -0.0382. The molecule has 174 valence electrons. The topological polar surface area (TPSA) is 95.1 Å². The summed E-state index contributed by atoms with van der Waals surface area (Å²) in [5, 5.41) is 5.57. The number of urea groups is 1. The van der Waals surface area contributed by atoms with Gasteiger partial charge in [-0.3, -0.25) is 0 Å². The van der Waals surface area contributed by atoms with Crippen molar-refractivity contribution in [1.82, 2.24) is 5.32 Å². The molecule has 0 fully saturated rings. The van der Waals surface area contributed by atoms with Crippen LogP contribution in [0.5, 0.6) is 5.75 Å². The second-order valence-electron chi connectivity index (χ2n) is 6.75. The molecule has 2 N–H and O–H groups in total. The summed E-state index contributed by atoms with van der Waals surface area (Å²) in [4.78, 5) is 24.3. The minimum absolute atomic E-state index is 0.324. The highest BCUT2D eigenvalue weighted by molar-refractivity contribution is 6.60. The standard InChI is InChI=1S/C23H32N2O6Si/c1-4-28-32(29-5-2,30-6-3)18-10-17-24-23(27)25-20-13-15-21(16-14-20)31-22(26)19-11-8-7-9-12-19/h7-9,11-16H,4-6,10,17-18H2,1-3H3,(H2,24,25,27). The van der Waals surface area contributed by atoms with Gasteiger partial charge >= 0.3 is 20.8 Å². The van der Waals surface area contributed by atoms with Gasteiger partial charge in [0, 0.05) is 38.1 Å². The molecular weight excluding hydrogens is 428 g/mol. The van der Waals surface area contributed by atoms with Crippen LogP contribution in [0.1, 0.15) is 37.6 Å². The van der Waals surface area contributed by atoms with Crippen LogP contribution < -0.4 is 15.4 Å². The lowest BCUT2D eigenvalue weighted by Gasteiger charge is -2.28. The molecule has 0 atom stereocenters. The van der Waals surface area contributed by atoms with Gasteiger partial charge in [0.2, 0.25) is 0 Å². The van der Waals surface area contributed by atoms with E-state index in [1.54, 1.807) is 48.5 Å². The van der Waals surface area contributed by atoms with Crippen molar-refractivity contribution in [3.05, 3.63) is 60.2 Å². The van der Waals surface area contributed by atoms with Gasteiger partial charge in [-0.15, -0.1) is 0 Å². The molecule has 9 heteroatoms. The summed E-state index contributed by atoms with van der Waals surface area (Å²) in [6.45, 7) is 7.78. The van der Waals surface area contributed by atoms with Gasteiger partial charge in [0.15, 0.2) is 0 Å². The molecular formula is C23H32N2O6Si. The van der Waals surface area contributed by atoms with Gasteiger partial charge in [-0.2, -0.15) is 0 Å². The molecule has 0 aliphatic carbocycles. The fraction of sp³-hybridized carbons (Fsp3) is 0.391. The molecule has 0 bridgehead atoms. The summed E-state index contributed by atoms with van der Waals surface area (Å²) >= 11 is 0. The number of rotatable bonds is 13. The summed E-state index contributed by atoms with van der Waals surface area (Å²) in [5.41, 5.74) is 1.06. The number of carbonyl (C=O) groups is 2. The zero-order valence-corrected chi connectivity index (χ0v) is 19.9. The van der Waals surface area contributed by atoms with E-state index in [9.17, 15) is 9.59 Å². The zero-order valence-electron chi connectivity index (χ0n) is 18.9. The zero-order chi connectivity index (χ0) is 23.2. The van der Waals surface area contributed by atoms with Crippen molar-refractivity contribution in [1.29, 1.82) is 0 Å². The van der Waals surface area contributed by atoms with Crippen molar-refractivity contribution in [2.75, 3.05) is 31.7 Å². The highest BCUT2D eigenvalue weighted by Gasteiger charge is 2.39. The van der Waals surface area contributed by atoms with Crippen molar-refractivity contribution in [3.8, 4) is 5.75 Å². The molecule has 0 aliphatic heterocycles. The number of carbonyl (C=O) groups excluding carboxylic acids is 2. The van der Waals surface area contributed by atoms with Gasteiger partial charge in [-0.1, -0.05) is 18.2 Å². The van der Waals surface area contributed by atoms with Crippen LogP contribution in [0.15, 0.2) is 54.6 Å². The first-order valence-electron chi connectivity index (χ1n) is 10.9. The Bertz CT molecular complexity index is 815. The molecule has 0 saturated carbocycles. The highest BCUT2D eigenvalue weighted by atomic mass is 28.4. The van der Waals surface area contributed by atoms with Gasteiger partial charge in [-0.05, 0) is 63.6 Å². The van der Waals surface area contributed by atoms with Crippen molar-refractivity contribution >= 4 is 26.5 Å². The van der Waals surface area contributed by atoms with E-state index >= 15 is 0 Å². The quantitative estimate of drug-likeness (QED) is 0.198. The summed E-state index contributed by atoms with van der Waals surface area (Å²) in [6, 6.07) is 15.7. The first-order chi connectivity index (χ1) is 15.5.